The van der Waals surface area contributed by atoms with E-state index < -0.39 is 15.9 Å². The van der Waals surface area contributed by atoms with E-state index in [4.69, 9.17) is 0 Å². The third-order valence-electron chi connectivity index (χ3n) is 4.02. The van der Waals surface area contributed by atoms with Crippen molar-refractivity contribution in [1.82, 2.24) is 5.06 Å². The lowest BCUT2D eigenvalue weighted by atomic mass is 10.1. The highest BCUT2D eigenvalue weighted by atomic mass is 32.2. The van der Waals surface area contributed by atoms with Crippen molar-refractivity contribution in [2.24, 2.45) is 0 Å². The average molecular weight is 423 g/mol. The van der Waals surface area contributed by atoms with Crippen LogP contribution in [0.2, 0.25) is 0 Å². The van der Waals surface area contributed by atoms with Crippen molar-refractivity contribution >= 4 is 42.6 Å². The molecule has 0 aliphatic heterocycles. The van der Waals surface area contributed by atoms with Gasteiger partial charge in [-0.2, -0.15) is 0 Å². The second kappa shape index (κ2) is 9.51. The Bertz CT molecular complexity index is 917. The van der Waals surface area contributed by atoms with Gasteiger partial charge in [0.1, 0.15) is 0 Å². The molecule has 0 bridgehead atoms. The molecule has 0 heterocycles. The first-order valence-corrected chi connectivity index (χ1v) is 11.7. The maximum absolute atomic E-state index is 12.8. The molecule has 144 valence electrons. The van der Waals surface area contributed by atoms with Gasteiger partial charge in [0, 0.05) is 4.90 Å². The molecule has 8 heteroatoms. The van der Waals surface area contributed by atoms with Crippen LogP contribution in [0.15, 0.2) is 60.0 Å². The Balaban J connectivity index is 2.28. The van der Waals surface area contributed by atoms with Crippen molar-refractivity contribution in [3.8, 4) is 0 Å². The molecule has 2 aromatic rings. The minimum absolute atomic E-state index is 0.192. The molecule has 0 saturated carbocycles. The number of nitrogens with zero attached hydrogens (tertiary/aromatic N) is 1. The Morgan fingerprint density at radius 2 is 1.96 bits per heavy atom. The van der Waals surface area contributed by atoms with Crippen LogP contribution in [-0.2, 0) is 20.4 Å². The van der Waals surface area contributed by atoms with Gasteiger partial charge in [0.15, 0.2) is 9.84 Å². The monoisotopic (exact) mass is 423 g/mol. The first-order valence-electron chi connectivity index (χ1n) is 8.07. The van der Waals surface area contributed by atoms with Crippen LogP contribution >= 0.6 is 21.0 Å². The summed E-state index contributed by atoms with van der Waals surface area (Å²) >= 11 is 1.56. The maximum atomic E-state index is 12.8. The minimum atomic E-state index is -3.60. The zero-order valence-corrected chi connectivity index (χ0v) is 17.7. The fraction of sp³-hybridized carbons (Fsp3) is 0.211. The predicted octanol–water partition coefficient (Wildman–Crippen LogP) is 3.76. The molecule has 2 aromatic carbocycles. The number of benzene rings is 2. The van der Waals surface area contributed by atoms with Gasteiger partial charge in [-0.05, 0) is 40.4 Å². The Morgan fingerprint density at radius 3 is 2.52 bits per heavy atom. The van der Waals surface area contributed by atoms with Crippen molar-refractivity contribution in [2.75, 3.05) is 12.0 Å². The largest absolute Gasteiger partial charge is 0.285 e. The highest BCUT2D eigenvalue weighted by Crippen LogP contribution is 2.31. The third-order valence-corrected chi connectivity index (χ3v) is 6.72. The SMILES string of the molecule is C=C(P)c1cc(CS(=O)(=O)C[C@H](c2ccccc2)N(O)C=O)ccc1SC. The summed E-state index contributed by atoms with van der Waals surface area (Å²) in [6.45, 7) is 3.92. The first-order chi connectivity index (χ1) is 12.8. The van der Waals surface area contributed by atoms with Crippen molar-refractivity contribution in [2.45, 2.75) is 16.7 Å². The molecule has 0 radical (unpaired) electrons. The van der Waals surface area contributed by atoms with E-state index in [1.54, 1.807) is 48.2 Å². The molecule has 2 atom stereocenters. The fourth-order valence-electron chi connectivity index (χ4n) is 2.72. The summed E-state index contributed by atoms with van der Waals surface area (Å²) in [7, 11) is -1.07. The van der Waals surface area contributed by atoms with Gasteiger partial charge in [-0.15, -0.1) is 21.0 Å². The summed E-state index contributed by atoms with van der Waals surface area (Å²) in [6, 6.07) is 13.1. The summed E-state index contributed by atoms with van der Waals surface area (Å²) in [5.74, 6) is -0.573. The molecule has 0 spiro atoms. The number of thioether (sulfide) groups is 1. The second-order valence-electron chi connectivity index (χ2n) is 6.03. The van der Waals surface area contributed by atoms with Gasteiger partial charge < -0.3 is 0 Å². The number of sulfone groups is 1. The van der Waals surface area contributed by atoms with Crippen molar-refractivity contribution in [3.63, 3.8) is 0 Å². The van der Waals surface area contributed by atoms with Gasteiger partial charge in [-0.1, -0.05) is 43.0 Å². The van der Waals surface area contributed by atoms with Crippen LogP contribution in [-0.4, -0.2) is 37.1 Å². The van der Waals surface area contributed by atoms with Gasteiger partial charge in [0.25, 0.3) is 0 Å². The lowest BCUT2D eigenvalue weighted by Crippen LogP contribution is -2.30. The van der Waals surface area contributed by atoms with E-state index >= 15 is 0 Å². The Kier molecular flexibility index (Phi) is 7.62. The maximum Gasteiger partial charge on any atom is 0.233 e. The number of rotatable bonds is 9. The van der Waals surface area contributed by atoms with Crippen LogP contribution < -0.4 is 0 Å². The number of carbonyl (C=O) groups is 1. The summed E-state index contributed by atoms with van der Waals surface area (Å²) in [6.07, 6.45) is 2.17. The molecular weight excluding hydrogens is 401 g/mol. The standard InChI is InChI=1S/C19H22NO4PS2/c1-14(25)17-10-15(8-9-19(17)26-2)11-27(23,24)12-18(20(22)13-21)16-6-4-3-5-7-16/h3-10,13,18,22H,1,11-12,25H2,2H3/t18-/m1/s1. The van der Waals surface area contributed by atoms with E-state index in [-0.39, 0.29) is 17.9 Å². The molecule has 0 fully saturated rings. The number of carbonyl (C=O) groups excluding carboxylic acids is 1. The summed E-state index contributed by atoms with van der Waals surface area (Å²) < 4.78 is 25.5. The van der Waals surface area contributed by atoms with Gasteiger partial charge in [-0.25, -0.2) is 13.5 Å². The fourth-order valence-corrected chi connectivity index (χ4v) is 5.31. The van der Waals surface area contributed by atoms with Gasteiger partial charge in [0.05, 0.1) is 17.5 Å². The van der Waals surface area contributed by atoms with Crippen molar-refractivity contribution in [1.29, 1.82) is 0 Å². The number of hydroxylamine groups is 2. The van der Waals surface area contributed by atoms with E-state index in [2.05, 4.69) is 15.8 Å². The van der Waals surface area contributed by atoms with Crippen LogP contribution in [0.1, 0.15) is 22.7 Å². The number of amides is 1. The van der Waals surface area contributed by atoms with Crippen molar-refractivity contribution < 1.29 is 18.4 Å². The molecule has 0 saturated heterocycles. The lowest BCUT2D eigenvalue weighted by molar-refractivity contribution is -0.158. The van der Waals surface area contributed by atoms with Crippen LogP contribution in [0.5, 0.6) is 0 Å². The molecule has 0 aromatic heterocycles. The third kappa shape index (κ3) is 5.91. The van der Waals surface area contributed by atoms with E-state index in [0.717, 1.165) is 15.8 Å². The molecule has 1 N–H and O–H groups in total. The number of hydrogen-bond acceptors (Lipinski definition) is 5. The van der Waals surface area contributed by atoms with Crippen LogP contribution in [0.3, 0.4) is 0 Å². The predicted molar refractivity (Wildman–Crippen MR) is 113 cm³/mol. The average Bonchev–Trinajstić information content (AvgIpc) is 2.65. The Morgan fingerprint density at radius 1 is 1.30 bits per heavy atom. The molecule has 27 heavy (non-hydrogen) atoms. The molecule has 2 rings (SSSR count). The molecule has 0 aliphatic carbocycles. The zero-order chi connectivity index (χ0) is 20.0. The van der Waals surface area contributed by atoms with Crippen molar-refractivity contribution in [3.05, 3.63) is 71.8 Å². The topological polar surface area (TPSA) is 74.7 Å². The first kappa shape index (κ1) is 21.6. The Labute approximate surface area is 166 Å². The van der Waals surface area contributed by atoms with E-state index in [1.807, 2.05) is 18.4 Å². The molecular formula is C19H22NO4PS2. The van der Waals surface area contributed by atoms with Crippen LogP contribution in [0, 0.1) is 0 Å². The molecule has 5 nitrogen and oxygen atoms in total. The molecule has 1 unspecified atom stereocenters. The van der Waals surface area contributed by atoms with E-state index in [9.17, 15) is 18.4 Å². The molecule has 1 amide bonds. The summed E-state index contributed by atoms with van der Waals surface area (Å²) in [5, 5.41) is 11.1. The molecule has 0 aliphatic rings. The van der Waals surface area contributed by atoms with E-state index in [0.29, 0.717) is 16.2 Å². The van der Waals surface area contributed by atoms with Gasteiger partial charge in [0.2, 0.25) is 6.41 Å². The second-order valence-corrected chi connectivity index (χ2v) is 9.68. The zero-order valence-electron chi connectivity index (χ0n) is 14.9. The highest BCUT2D eigenvalue weighted by Gasteiger charge is 2.26. The highest BCUT2D eigenvalue weighted by molar-refractivity contribution is 7.98. The minimum Gasteiger partial charge on any atom is -0.285 e. The normalized spacial score (nSPS) is 12.4. The van der Waals surface area contributed by atoms with E-state index in [1.165, 1.54) is 0 Å². The summed E-state index contributed by atoms with van der Waals surface area (Å²) in [4.78, 5) is 12.0. The van der Waals surface area contributed by atoms with Gasteiger partial charge >= 0.3 is 0 Å². The van der Waals surface area contributed by atoms with Gasteiger partial charge in [-0.3, -0.25) is 10.0 Å². The number of hydrogen-bond donors (Lipinski definition) is 1. The van der Waals surface area contributed by atoms with Crippen LogP contribution in [0.25, 0.3) is 5.31 Å². The Hall–Kier alpha value is -1.66. The quantitative estimate of drug-likeness (QED) is 0.219. The summed E-state index contributed by atoms with van der Waals surface area (Å²) in [5.41, 5.74) is 2.07. The lowest BCUT2D eigenvalue weighted by Gasteiger charge is -2.23. The smallest absolute Gasteiger partial charge is 0.233 e. The van der Waals surface area contributed by atoms with Crippen LogP contribution in [0.4, 0.5) is 0 Å².